The summed E-state index contributed by atoms with van der Waals surface area (Å²) >= 11 is 1.67. The summed E-state index contributed by atoms with van der Waals surface area (Å²) in [7, 11) is 1.86. The van der Waals surface area contributed by atoms with Gasteiger partial charge in [-0.25, -0.2) is 9.37 Å². The second-order valence-electron chi connectivity index (χ2n) is 12.4. The van der Waals surface area contributed by atoms with Crippen molar-refractivity contribution < 1.29 is 14.0 Å². The zero-order valence-electron chi connectivity index (χ0n) is 25.9. The Morgan fingerprint density at radius 1 is 1.07 bits per heavy atom. The predicted molar refractivity (Wildman–Crippen MR) is 175 cm³/mol. The van der Waals surface area contributed by atoms with Crippen molar-refractivity contribution in [3.8, 4) is 10.7 Å². The number of anilines is 1. The molecule has 2 amide bonds. The van der Waals surface area contributed by atoms with E-state index < -0.39 is 11.2 Å². The number of amides is 2. The first kappa shape index (κ1) is 30.1. The molecule has 1 aromatic carbocycles. The van der Waals surface area contributed by atoms with Crippen LogP contribution in [0.4, 0.5) is 10.1 Å². The van der Waals surface area contributed by atoms with Crippen LogP contribution in [-0.4, -0.2) is 86.3 Å². The summed E-state index contributed by atoms with van der Waals surface area (Å²) in [6.45, 7) is 5.33. The van der Waals surface area contributed by atoms with E-state index in [1.54, 1.807) is 22.3 Å². The Hall–Kier alpha value is -4.55. The molecule has 6 heterocycles. The maximum absolute atomic E-state index is 13.9. The van der Waals surface area contributed by atoms with Gasteiger partial charge >= 0.3 is 0 Å². The topological polar surface area (TPSA) is 111 Å². The number of carbonyl (C=O) groups is 2. The number of aryl methyl sites for hydroxylation is 2. The third-order valence-corrected chi connectivity index (χ3v) is 10.6. The second-order valence-corrected chi connectivity index (χ2v) is 13.5. The first-order valence-electron chi connectivity index (χ1n) is 15.5. The van der Waals surface area contributed by atoms with Gasteiger partial charge in [0.1, 0.15) is 12.1 Å². The Labute approximate surface area is 270 Å². The van der Waals surface area contributed by atoms with Crippen molar-refractivity contribution in [1.29, 1.82) is 5.41 Å². The van der Waals surface area contributed by atoms with Crippen LogP contribution in [0, 0.1) is 23.6 Å². The summed E-state index contributed by atoms with van der Waals surface area (Å²) < 4.78 is 15.1. The third-order valence-electron chi connectivity index (χ3n) is 9.39. The van der Waals surface area contributed by atoms with Crippen LogP contribution in [0.15, 0.2) is 61.1 Å². The summed E-state index contributed by atoms with van der Waals surface area (Å²) in [5.74, 6) is 0.441. The Bertz CT molecular complexity index is 1860. The Morgan fingerprint density at radius 2 is 1.89 bits per heavy atom. The van der Waals surface area contributed by atoms with E-state index in [9.17, 15) is 14.0 Å². The number of thiophene rings is 1. The van der Waals surface area contributed by atoms with Crippen LogP contribution in [0.3, 0.4) is 0 Å². The number of likely N-dealkylation sites (tertiary alicyclic amines) is 1. The average Bonchev–Trinajstić information content (AvgIpc) is 3.87. The van der Waals surface area contributed by atoms with Crippen molar-refractivity contribution in [1.82, 2.24) is 29.5 Å². The summed E-state index contributed by atoms with van der Waals surface area (Å²) in [5, 5.41) is 13.1. The number of carbonyl (C=O) groups excluding carboxylic acids is 2. The molecule has 4 aromatic rings. The standard InChI is InChI=1S/C34H35FN8O2S/c1-22-3-5-25(17-26(22)31(36)27-6-4-24(35)18-37-27)43-16-12-34(33(43)45)11-15-41(20-34)19-30(44)42-13-9-23(10-14-42)28-7-8-29(46-28)32-38-21-40(2)39-32/h3-9,17-18,21,36H,10-16,19-20H2,1-2H3/t34-/m0/s1. The lowest BCUT2D eigenvalue weighted by Crippen LogP contribution is -2.43. The predicted octanol–water partition coefficient (Wildman–Crippen LogP) is 4.55. The molecule has 2 saturated heterocycles. The Morgan fingerprint density at radius 3 is 2.63 bits per heavy atom. The van der Waals surface area contributed by atoms with Crippen LogP contribution in [0.5, 0.6) is 0 Å². The first-order chi connectivity index (χ1) is 22.2. The third kappa shape index (κ3) is 5.67. The molecule has 46 heavy (non-hydrogen) atoms. The van der Waals surface area contributed by atoms with Crippen LogP contribution in [0.25, 0.3) is 16.3 Å². The van der Waals surface area contributed by atoms with E-state index in [0.29, 0.717) is 50.5 Å². The number of hydrogen-bond donors (Lipinski definition) is 1. The van der Waals surface area contributed by atoms with Gasteiger partial charge in [-0.2, -0.15) is 5.10 Å². The van der Waals surface area contributed by atoms with Crippen LogP contribution >= 0.6 is 11.3 Å². The SMILES string of the molecule is Cc1ccc(N2CC[C@]3(CCN(CC(=O)N4CC=C(c5ccc(-c6ncn(C)n6)s5)CC4)C3)C2=O)cc1C(=N)c1ccc(F)cn1. The van der Waals surface area contributed by atoms with Gasteiger partial charge in [-0.05, 0) is 80.3 Å². The highest BCUT2D eigenvalue weighted by atomic mass is 32.1. The molecule has 1 N–H and O–H groups in total. The van der Waals surface area contributed by atoms with E-state index in [-0.39, 0.29) is 17.5 Å². The molecule has 0 radical (unpaired) electrons. The fraction of sp³-hybridized carbons (Fsp3) is 0.353. The molecule has 12 heteroatoms. The molecular formula is C34H35FN8O2S. The number of rotatable bonds is 7. The molecule has 3 aliphatic heterocycles. The van der Waals surface area contributed by atoms with Gasteiger partial charge in [0.2, 0.25) is 11.8 Å². The Balaban J connectivity index is 0.966. The molecule has 236 valence electrons. The van der Waals surface area contributed by atoms with E-state index >= 15 is 0 Å². The molecule has 10 nitrogen and oxygen atoms in total. The zero-order valence-corrected chi connectivity index (χ0v) is 26.7. The number of nitrogens with zero attached hydrogens (tertiary/aromatic N) is 7. The molecule has 2 fully saturated rings. The molecule has 1 spiro atoms. The molecule has 0 bridgehead atoms. The van der Waals surface area contributed by atoms with Crippen molar-refractivity contribution >= 4 is 40.1 Å². The molecular weight excluding hydrogens is 603 g/mol. The average molecular weight is 639 g/mol. The highest BCUT2D eigenvalue weighted by Gasteiger charge is 2.51. The van der Waals surface area contributed by atoms with Crippen molar-refractivity contribution in [3.63, 3.8) is 0 Å². The largest absolute Gasteiger partial charge is 0.338 e. The number of pyridine rings is 1. The minimum Gasteiger partial charge on any atom is -0.338 e. The molecule has 7 rings (SSSR count). The number of halogens is 1. The number of nitrogens with one attached hydrogen (secondary N) is 1. The summed E-state index contributed by atoms with van der Waals surface area (Å²) in [4.78, 5) is 43.7. The van der Waals surface area contributed by atoms with E-state index in [0.717, 1.165) is 47.4 Å². The van der Waals surface area contributed by atoms with Crippen LogP contribution in [0.2, 0.25) is 0 Å². The van der Waals surface area contributed by atoms with Gasteiger partial charge in [-0.15, -0.1) is 11.3 Å². The first-order valence-corrected chi connectivity index (χ1v) is 16.3. The van der Waals surface area contributed by atoms with E-state index in [1.807, 2.05) is 42.0 Å². The molecule has 0 unspecified atom stereocenters. The zero-order chi connectivity index (χ0) is 32.0. The maximum Gasteiger partial charge on any atom is 0.237 e. The highest BCUT2D eigenvalue weighted by molar-refractivity contribution is 7.16. The lowest BCUT2D eigenvalue weighted by Gasteiger charge is -2.29. The quantitative estimate of drug-likeness (QED) is 0.298. The minimum absolute atomic E-state index is 0.0745. The van der Waals surface area contributed by atoms with E-state index in [1.165, 1.54) is 22.6 Å². The molecule has 1 atom stereocenters. The van der Waals surface area contributed by atoms with Gasteiger partial charge in [0.25, 0.3) is 0 Å². The van der Waals surface area contributed by atoms with Gasteiger partial charge in [0.05, 0.1) is 34.4 Å². The fourth-order valence-electron chi connectivity index (χ4n) is 6.74. The minimum atomic E-state index is -0.508. The van der Waals surface area contributed by atoms with Crippen molar-refractivity contribution in [2.24, 2.45) is 12.5 Å². The van der Waals surface area contributed by atoms with Gasteiger partial charge < -0.3 is 9.80 Å². The number of benzene rings is 1. The smallest absolute Gasteiger partial charge is 0.237 e. The van der Waals surface area contributed by atoms with Crippen molar-refractivity contribution in [3.05, 3.63) is 88.6 Å². The number of hydrogen-bond acceptors (Lipinski definition) is 8. The maximum atomic E-state index is 13.9. The van der Waals surface area contributed by atoms with Gasteiger partial charge in [-0.1, -0.05) is 12.1 Å². The summed E-state index contributed by atoms with van der Waals surface area (Å²) in [6.07, 6.45) is 7.20. The van der Waals surface area contributed by atoms with Crippen LogP contribution < -0.4 is 4.90 Å². The fourth-order valence-corrected chi connectivity index (χ4v) is 7.75. The summed E-state index contributed by atoms with van der Waals surface area (Å²) in [6, 6.07) is 12.6. The van der Waals surface area contributed by atoms with Crippen molar-refractivity contribution in [2.45, 2.75) is 26.2 Å². The lowest BCUT2D eigenvalue weighted by atomic mass is 9.85. The monoisotopic (exact) mass is 638 g/mol. The number of aromatic nitrogens is 4. The lowest BCUT2D eigenvalue weighted by molar-refractivity contribution is -0.132. The van der Waals surface area contributed by atoms with Crippen LogP contribution in [0.1, 0.15) is 41.0 Å². The Kier molecular flexibility index (Phi) is 7.85. The normalized spacial score (nSPS) is 20.2. The summed E-state index contributed by atoms with van der Waals surface area (Å²) in [5.41, 5.74) is 3.59. The molecule has 0 aliphatic carbocycles. The van der Waals surface area contributed by atoms with E-state index in [4.69, 9.17) is 5.41 Å². The van der Waals surface area contributed by atoms with Gasteiger partial charge in [0, 0.05) is 49.4 Å². The molecule has 0 saturated carbocycles. The molecule has 3 aromatic heterocycles. The second kappa shape index (κ2) is 12.0. The van der Waals surface area contributed by atoms with E-state index in [2.05, 4.69) is 38.2 Å². The van der Waals surface area contributed by atoms with Gasteiger partial charge in [0.15, 0.2) is 5.82 Å². The highest BCUT2D eigenvalue weighted by Crippen LogP contribution is 2.43. The van der Waals surface area contributed by atoms with Crippen molar-refractivity contribution in [2.75, 3.05) is 44.2 Å². The van der Waals surface area contributed by atoms with Crippen LogP contribution in [-0.2, 0) is 16.6 Å². The molecule has 3 aliphatic rings. The van der Waals surface area contributed by atoms with Gasteiger partial charge in [-0.3, -0.25) is 29.6 Å².